The van der Waals surface area contributed by atoms with E-state index in [-0.39, 0.29) is 12.5 Å². The summed E-state index contributed by atoms with van der Waals surface area (Å²) in [6, 6.07) is 0. The van der Waals surface area contributed by atoms with E-state index in [0.717, 1.165) is 0 Å². The molecule has 1 heterocycles. The fourth-order valence-electron chi connectivity index (χ4n) is 2.45. The number of rotatable bonds is 5. The minimum absolute atomic E-state index is 0.165. The van der Waals surface area contributed by atoms with Crippen LogP contribution < -0.4 is 0 Å². The van der Waals surface area contributed by atoms with Gasteiger partial charge in [-0.05, 0) is 33.1 Å². The standard InChI is InChI=1S/C17H30O7/c1-9(2)7-11-15(24-16(21)17(4,5)6)14(20)13(19)12(23-11)8-22-10(3)18/h9,11-15,19-20H,7-8H2,1-6H3/t11-,12-,13-,14-,15-/m1/s1. The molecule has 7 nitrogen and oxygen atoms in total. The lowest BCUT2D eigenvalue weighted by Crippen LogP contribution is -2.60. The average Bonchev–Trinajstić information content (AvgIpc) is 2.43. The first-order valence-electron chi connectivity index (χ1n) is 8.29. The monoisotopic (exact) mass is 346 g/mol. The van der Waals surface area contributed by atoms with Gasteiger partial charge in [0, 0.05) is 6.92 Å². The summed E-state index contributed by atoms with van der Waals surface area (Å²) >= 11 is 0. The Hall–Kier alpha value is -1.18. The van der Waals surface area contributed by atoms with Crippen LogP contribution in [0.25, 0.3) is 0 Å². The average molecular weight is 346 g/mol. The van der Waals surface area contributed by atoms with Crippen LogP contribution in [0.5, 0.6) is 0 Å². The van der Waals surface area contributed by atoms with Crippen molar-refractivity contribution in [3.05, 3.63) is 0 Å². The van der Waals surface area contributed by atoms with Crippen LogP contribution in [0, 0.1) is 11.3 Å². The third-order valence-electron chi connectivity index (χ3n) is 3.79. The smallest absolute Gasteiger partial charge is 0.311 e. The Balaban J connectivity index is 2.91. The van der Waals surface area contributed by atoms with Crippen molar-refractivity contribution in [3.8, 4) is 0 Å². The number of hydrogen-bond acceptors (Lipinski definition) is 7. The summed E-state index contributed by atoms with van der Waals surface area (Å²) in [6.45, 7) is 10.2. The molecule has 1 rings (SSSR count). The molecule has 7 heteroatoms. The first-order valence-corrected chi connectivity index (χ1v) is 8.29. The highest BCUT2D eigenvalue weighted by Gasteiger charge is 2.47. The molecule has 0 aromatic heterocycles. The SMILES string of the molecule is CC(=O)OC[C@H]1O[C@H](CC(C)C)[C@@H](OC(=O)C(C)(C)C)[C@H](O)[C@@H]1O. The maximum Gasteiger partial charge on any atom is 0.311 e. The van der Waals surface area contributed by atoms with E-state index >= 15 is 0 Å². The van der Waals surface area contributed by atoms with Gasteiger partial charge in [0.1, 0.15) is 24.9 Å². The zero-order valence-corrected chi connectivity index (χ0v) is 15.3. The van der Waals surface area contributed by atoms with Crippen molar-refractivity contribution in [2.24, 2.45) is 11.3 Å². The number of aliphatic hydroxyl groups excluding tert-OH is 2. The second-order valence-electron chi connectivity index (χ2n) is 7.75. The van der Waals surface area contributed by atoms with E-state index in [9.17, 15) is 19.8 Å². The van der Waals surface area contributed by atoms with Gasteiger partial charge in [-0.2, -0.15) is 0 Å². The maximum absolute atomic E-state index is 12.2. The topological polar surface area (TPSA) is 102 Å². The molecule has 5 atom stereocenters. The molecule has 0 aromatic carbocycles. The largest absolute Gasteiger partial charge is 0.463 e. The van der Waals surface area contributed by atoms with Crippen LogP contribution in [0.3, 0.4) is 0 Å². The zero-order chi connectivity index (χ0) is 18.7. The van der Waals surface area contributed by atoms with E-state index in [1.807, 2.05) is 13.8 Å². The molecule has 0 aromatic rings. The highest BCUT2D eigenvalue weighted by Crippen LogP contribution is 2.30. The third-order valence-corrected chi connectivity index (χ3v) is 3.79. The lowest BCUT2D eigenvalue weighted by Gasteiger charge is -2.43. The fourth-order valence-corrected chi connectivity index (χ4v) is 2.45. The Morgan fingerprint density at radius 2 is 1.71 bits per heavy atom. The molecule has 0 radical (unpaired) electrons. The number of carbonyl (C=O) groups excluding carboxylic acids is 2. The molecule has 0 spiro atoms. The van der Waals surface area contributed by atoms with Gasteiger partial charge in [0.25, 0.3) is 0 Å². The second kappa shape index (κ2) is 8.27. The Labute approximate surface area is 143 Å². The van der Waals surface area contributed by atoms with Gasteiger partial charge >= 0.3 is 11.9 Å². The zero-order valence-electron chi connectivity index (χ0n) is 15.3. The van der Waals surface area contributed by atoms with E-state index < -0.39 is 47.9 Å². The van der Waals surface area contributed by atoms with Crippen LogP contribution in [-0.2, 0) is 23.8 Å². The van der Waals surface area contributed by atoms with Gasteiger partial charge in [-0.3, -0.25) is 9.59 Å². The lowest BCUT2D eigenvalue weighted by atomic mass is 9.89. The molecule has 0 bridgehead atoms. The summed E-state index contributed by atoms with van der Waals surface area (Å²) in [5.41, 5.74) is -0.734. The second-order valence-corrected chi connectivity index (χ2v) is 7.75. The number of aliphatic hydroxyl groups is 2. The summed E-state index contributed by atoms with van der Waals surface area (Å²) in [7, 11) is 0. The van der Waals surface area contributed by atoms with Crippen molar-refractivity contribution in [1.82, 2.24) is 0 Å². The summed E-state index contributed by atoms with van der Waals surface area (Å²) < 4.78 is 16.1. The van der Waals surface area contributed by atoms with Crippen LogP contribution in [0.4, 0.5) is 0 Å². The van der Waals surface area contributed by atoms with Gasteiger partial charge in [-0.25, -0.2) is 0 Å². The van der Waals surface area contributed by atoms with E-state index in [1.165, 1.54) is 6.92 Å². The van der Waals surface area contributed by atoms with Crippen molar-refractivity contribution < 1.29 is 34.0 Å². The quantitative estimate of drug-likeness (QED) is 0.717. The van der Waals surface area contributed by atoms with Crippen LogP contribution in [0.2, 0.25) is 0 Å². The van der Waals surface area contributed by atoms with Crippen LogP contribution in [-0.4, -0.2) is 59.3 Å². The highest BCUT2D eigenvalue weighted by atomic mass is 16.6. The first kappa shape index (κ1) is 20.9. The Morgan fingerprint density at radius 3 is 2.17 bits per heavy atom. The molecule has 2 N–H and O–H groups in total. The van der Waals surface area contributed by atoms with Crippen molar-refractivity contribution >= 4 is 11.9 Å². The number of esters is 2. The van der Waals surface area contributed by atoms with Gasteiger partial charge in [0.05, 0.1) is 11.5 Å². The summed E-state index contributed by atoms with van der Waals surface area (Å²) in [5, 5.41) is 20.7. The molecule has 1 aliphatic heterocycles. The Morgan fingerprint density at radius 1 is 1.12 bits per heavy atom. The third kappa shape index (κ3) is 5.72. The van der Waals surface area contributed by atoms with Gasteiger partial charge in [0.2, 0.25) is 0 Å². The highest BCUT2D eigenvalue weighted by molar-refractivity contribution is 5.75. The number of ether oxygens (including phenoxy) is 3. The van der Waals surface area contributed by atoms with E-state index in [2.05, 4.69) is 0 Å². The van der Waals surface area contributed by atoms with E-state index in [1.54, 1.807) is 20.8 Å². The van der Waals surface area contributed by atoms with Crippen LogP contribution in [0.15, 0.2) is 0 Å². The fraction of sp³-hybridized carbons (Fsp3) is 0.882. The van der Waals surface area contributed by atoms with Crippen LogP contribution >= 0.6 is 0 Å². The summed E-state index contributed by atoms with van der Waals surface area (Å²) in [5.74, 6) is -0.751. The molecular weight excluding hydrogens is 316 g/mol. The normalized spacial score (nSPS) is 31.0. The van der Waals surface area contributed by atoms with Crippen molar-refractivity contribution in [3.63, 3.8) is 0 Å². The molecule has 24 heavy (non-hydrogen) atoms. The Bertz CT molecular complexity index is 441. The molecule has 1 aliphatic rings. The molecule has 140 valence electrons. The predicted octanol–water partition coefficient (Wildman–Crippen LogP) is 1.04. The minimum atomic E-state index is -1.31. The molecule has 0 unspecified atom stereocenters. The van der Waals surface area contributed by atoms with E-state index in [0.29, 0.717) is 6.42 Å². The molecule has 1 fully saturated rings. The molecular formula is C17H30O7. The molecule has 0 saturated carbocycles. The van der Waals surface area contributed by atoms with Gasteiger partial charge < -0.3 is 24.4 Å². The first-order chi connectivity index (χ1) is 10.9. The minimum Gasteiger partial charge on any atom is -0.463 e. The summed E-state index contributed by atoms with van der Waals surface area (Å²) in [4.78, 5) is 23.1. The van der Waals surface area contributed by atoms with Gasteiger partial charge in [0.15, 0.2) is 6.10 Å². The lowest BCUT2D eigenvalue weighted by molar-refractivity contribution is -0.245. The Kier molecular flexibility index (Phi) is 7.19. The van der Waals surface area contributed by atoms with Crippen molar-refractivity contribution in [2.45, 2.75) is 78.5 Å². The van der Waals surface area contributed by atoms with Crippen LogP contribution in [0.1, 0.15) is 48.0 Å². The van der Waals surface area contributed by atoms with Gasteiger partial charge in [-0.15, -0.1) is 0 Å². The van der Waals surface area contributed by atoms with E-state index in [4.69, 9.17) is 14.2 Å². The summed E-state index contributed by atoms with van der Waals surface area (Å²) in [6.07, 6.45) is -4.52. The predicted molar refractivity (Wildman–Crippen MR) is 86.1 cm³/mol. The maximum atomic E-state index is 12.2. The van der Waals surface area contributed by atoms with Crippen molar-refractivity contribution in [2.75, 3.05) is 6.61 Å². The molecule has 1 saturated heterocycles. The molecule has 0 aliphatic carbocycles. The van der Waals surface area contributed by atoms with Crippen molar-refractivity contribution in [1.29, 1.82) is 0 Å². The number of carbonyl (C=O) groups is 2. The number of hydrogen-bond donors (Lipinski definition) is 2. The molecule has 0 amide bonds. The van der Waals surface area contributed by atoms with Gasteiger partial charge in [-0.1, -0.05) is 13.8 Å².